The molecule has 0 unspecified atom stereocenters. The summed E-state index contributed by atoms with van der Waals surface area (Å²) >= 11 is 5.90. The first kappa shape index (κ1) is 21.8. The molecule has 0 atom stereocenters. The van der Waals surface area contributed by atoms with Gasteiger partial charge in [-0.1, -0.05) is 49.2 Å². The highest BCUT2D eigenvalue weighted by molar-refractivity contribution is 6.30. The fourth-order valence-electron chi connectivity index (χ4n) is 3.68. The minimum Gasteiger partial charge on any atom is -0.320 e. The Morgan fingerprint density at radius 3 is 2.25 bits per heavy atom. The number of benzene rings is 2. The van der Waals surface area contributed by atoms with Gasteiger partial charge in [0.25, 0.3) is 5.56 Å². The van der Waals surface area contributed by atoms with Gasteiger partial charge in [0.15, 0.2) is 16.9 Å². The lowest BCUT2D eigenvalue weighted by Crippen LogP contribution is -2.39. The molecular weight excluding hydrogens is 428 g/mol. The zero-order chi connectivity index (χ0) is 22.8. The van der Waals surface area contributed by atoms with Gasteiger partial charge in [-0.2, -0.15) is 0 Å². The molecule has 2 aromatic carbocycles. The van der Waals surface area contributed by atoms with Crippen LogP contribution in [0.5, 0.6) is 0 Å². The molecule has 2 aromatic heterocycles. The first-order chi connectivity index (χ1) is 15.4. The maximum Gasteiger partial charge on any atom is 0.332 e. The van der Waals surface area contributed by atoms with E-state index in [0.29, 0.717) is 40.4 Å². The predicted octanol–water partition coefficient (Wildman–Crippen LogP) is 3.63. The van der Waals surface area contributed by atoms with Crippen LogP contribution in [-0.4, -0.2) is 24.5 Å². The molecule has 0 aliphatic rings. The van der Waals surface area contributed by atoms with Gasteiger partial charge in [0, 0.05) is 36.3 Å². The van der Waals surface area contributed by atoms with Crippen molar-refractivity contribution in [1.82, 2.24) is 18.7 Å². The van der Waals surface area contributed by atoms with Gasteiger partial charge in [-0.25, -0.2) is 9.78 Å². The number of hydrogen-bond donors (Lipinski definition) is 0. The van der Waals surface area contributed by atoms with Gasteiger partial charge < -0.3 is 4.57 Å². The summed E-state index contributed by atoms with van der Waals surface area (Å²) in [7, 11) is 1.63. The maximum absolute atomic E-state index is 13.0. The highest BCUT2D eigenvalue weighted by Gasteiger charge is 2.16. The molecule has 7 nitrogen and oxygen atoms in total. The summed E-state index contributed by atoms with van der Waals surface area (Å²) in [6.45, 7) is 2.79. The van der Waals surface area contributed by atoms with Crippen LogP contribution < -0.4 is 11.2 Å². The van der Waals surface area contributed by atoms with Gasteiger partial charge in [-0.15, -0.1) is 0 Å². The maximum atomic E-state index is 13.0. The number of hydrogen-bond acceptors (Lipinski definition) is 4. The fourth-order valence-corrected chi connectivity index (χ4v) is 3.81. The van der Waals surface area contributed by atoms with Gasteiger partial charge in [0.1, 0.15) is 0 Å². The average Bonchev–Trinajstić information content (AvgIpc) is 3.22. The molecule has 4 rings (SSSR count). The molecule has 4 aromatic rings. The molecule has 0 radical (unpaired) electrons. The summed E-state index contributed by atoms with van der Waals surface area (Å²) in [4.78, 5) is 42.6. The second kappa shape index (κ2) is 8.96. The summed E-state index contributed by atoms with van der Waals surface area (Å²) in [6, 6.07) is 14.0. The smallest absolute Gasteiger partial charge is 0.320 e. The molecule has 0 bridgehead atoms. The van der Waals surface area contributed by atoms with Gasteiger partial charge >= 0.3 is 5.69 Å². The van der Waals surface area contributed by atoms with E-state index in [4.69, 9.17) is 11.6 Å². The van der Waals surface area contributed by atoms with Crippen molar-refractivity contribution in [2.24, 2.45) is 7.05 Å². The second-order valence-corrected chi connectivity index (χ2v) is 8.17. The van der Waals surface area contributed by atoms with E-state index in [-0.39, 0.29) is 17.0 Å². The van der Waals surface area contributed by atoms with E-state index in [1.54, 1.807) is 54.3 Å². The summed E-state index contributed by atoms with van der Waals surface area (Å²) < 4.78 is 4.43. The number of unbranched alkanes of at least 4 members (excludes halogenated alkanes) is 1. The van der Waals surface area contributed by atoms with E-state index in [1.165, 1.54) is 9.13 Å². The number of carbonyl (C=O) groups is 1. The van der Waals surface area contributed by atoms with Crippen LogP contribution in [0.25, 0.3) is 11.2 Å². The summed E-state index contributed by atoms with van der Waals surface area (Å²) in [5.41, 5.74) is 2.11. The van der Waals surface area contributed by atoms with Gasteiger partial charge in [0.05, 0.1) is 6.33 Å². The number of carbonyl (C=O) groups excluding carboxylic acids is 1. The molecule has 0 aliphatic heterocycles. The lowest BCUT2D eigenvalue weighted by molar-refractivity contribution is 0.103. The lowest BCUT2D eigenvalue weighted by Gasteiger charge is -2.10. The highest BCUT2D eigenvalue weighted by Crippen LogP contribution is 2.16. The van der Waals surface area contributed by atoms with E-state index in [9.17, 15) is 14.4 Å². The Balaban J connectivity index is 1.64. The fraction of sp³-hybridized carbons (Fsp3) is 0.250. The molecule has 0 amide bonds. The number of halogens is 1. The lowest BCUT2D eigenvalue weighted by atomic mass is 10.0. The topological polar surface area (TPSA) is 78.9 Å². The number of fused-ring (bicyclic) bond motifs is 1. The first-order valence-electron chi connectivity index (χ1n) is 10.4. The molecule has 0 saturated carbocycles. The Bertz CT molecular complexity index is 1400. The number of rotatable bonds is 7. The molecule has 0 aliphatic carbocycles. The third-order valence-corrected chi connectivity index (χ3v) is 5.76. The first-order valence-corrected chi connectivity index (χ1v) is 10.8. The van der Waals surface area contributed by atoms with Crippen molar-refractivity contribution in [2.75, 3.05) is 0 Å². The molecule has 0 spiro atoms. The largest absolute Gasteiger partial charge is 0.332 e. The number of imidazole rings is 1. The monoisotopic (exact) mass is 450 g/mol. The number of nitrogens with zero attached hydrogens (tertiary/aromatic N) is 4. The molecule has 2 heterocycles. The van der Waals surface area contributed by atoms with Crippen molar-refractivity contribution in [1.29, 1.82) is 0 Å². The van der Waals surface area contributed by atoms with Crippen LogP contribution >= 0.6 is 11.6 Å². The van der Waals surface area contributed by atoms with Crippen LogP contribution in [0.15, 0.2) is 64.4 Å². The molecule has 0 N–H and O–H groups in total. The van der Waals surface area contributed by atoms with Crippen molar-refractivity contribution < 1.29 is 4.79 Å². The zero-order valence-electron chi connectivity index (χ0n) is 17.9. The van der Waals surface area contributed by atoms with Crippen molar-refractivity contribution in [3.05, 3.63) is 97.4 Å². The van der Waals surface area contributed by atoms with Crippen LogP contribution in [0.2, 0.25) is 5.02 Å². The molecule has 0 saturated heterocycles. The van der Waals surface area contributed by atoms with Crippen molar-refractivity contribution >= 4 is 28.5 Å². The van der Waals surface area contributed by atoms with E-state index >= 15 is 0 Å². The SMILES string of the molecule is CCCCn1c(=O)c2c(ncn2Cc2ccc(C(=O)c3ccc(Cl)cc3)cc2)n(C)c1=O. The van der Waals surface area contributed by atoms with E-state index in [0.717, 1.165) is 18.4 Å². The number of ketones is 1. The molecule has 8 heteroatoms. The van der Waals surface area contributed by atoms with Crippen LogP contribution in [0.3, 0.4) is 0 Å². The van der Waals surface area contributed by atoms with Crippen molar-refractivity contribution in [2.45, 2.75) is 32.9 Å². The van der Waals surface area contributed by atoms with E-state index < -0.39 is 0 Å². The van der Waals surface area contributed by atoms with Crippen molar-refractivity contribution in [3.8, 4) is 0 Å². The molecular formula is C24H23ClN4O3. The molecule has 32 heavy (non-hydrogen) atoms. The average molecular weight is 451 g/mol. The minimum atomic E-state index is -0.355. The van der Waals surface area contributed by atoms with Crippen molar-refractivity contribution in [3.63, 3.8) is 0 Å². The van der Waals surface area contributed by atoms with E-state index in [1.807, 2.05) is 19.1 Å². The predicted molar refractivity (Wildman–Crippen MR) is 125 cm³/mol. The second-order valence-electron chi connectivity index (χ2n) is 7.73. The Morgan fingerprint density at radius 2 is 1.62 bits per heavy atom. The third kappa shape index (κ3) is 4.03. The van der Waals surface area contributed by atoms with Crippen LogP contribution in [0.1, 0.15) is 41.3 Å². The van der Waals surface area contributed by atoms with Crippen LogP contribution in [0, 0.1) is 0 Å². The van der Waals surface area contributed by atoms with Gasteiger partial charge in [-0.05, 0) is 36.2 Å². The highest BCUT2D eigenvalue weighted by atomic mass is 35.5. The Morgan fingerprint density at radius 1 is 1.00 bits per heavy atom. The molecule has 164 valence electrons. The Labute approximate surface area is 189 Å². The number of aromatic nitrogens is 4. The van der Waals surface area contributed by atoms with E-state index in [2.05, 4.69) is 4.98 Å². The summed E-state index contributed by atoms with van der Waals surface area (Å²) in [5.74, 6) is -0.0879. The minimum absolute atomic E-state index is 0.0879. The normalized spacial score (nSPS) is 11.2. The standard InChI is InChI=1S/C24H23ClN4O3/c1-3-4-13-29-23(31)20-22(27(2)24(29)32)26-15-28(20)14-16-5-7-17(8-6-16)21(30)18-9-11-19(25)12-10-18/h5-12,15H,3-4,13-14H2,1-2H3. The third-order valence-electron chi connectivity index (χ3n) is 5.51. The summed E-state index contributed by atoms with van der Waals surface area (Å²) in [5, 5.41) is 0.579. The van der Waals surface area contributed by atoms with Crippen LogP contribution in [0.4, 0.5) is 0 Å². The Hall–Kier alpha value is -3.45. The van der Waals surface area contributed by atoms with Crippen LogP contribution in [-0.2, 0) is 20.1 Å². The van der Waals surface area contributed by atoms with Gasteiger partial charge in [0.2, 0.25) is 0 Å². The zero-order valence-corrected chi connectivity index (χ0v) is 18.7. The summed E-state index contributed by atoms with van der Waals surface area (Å²) in [6.07, 6.45) is 3.20. The Kier molecular flexibility index (Phi) is 6.10. The quantitative estimate of drug-likeness (QED) is 0.403. The van der Waals surface area contributed by atoms with Gasteiger partial charge in [-0.3, -0.25) is 18.7 Å². The number of aryl methyl sites for hydroxylation is 1. The molecule has 0 fully saturated rings.